The van der Waals surface area contributed by atoms with Crippen molar-refractivity contribution in [1.82, 2.24) is 20.2 Å². The summed E-state index contributed by atoms with van der Waals surface area (Å²) in [6.07, 6.45) is 1.60. The molecular formula is C17H19N5O3S. The zero-order chi connectivity index (χ0) is 18.5. The number of anilines is 1. The maximum Gasteiger partial charge on any atom is 0.237 e. The molecule has 8 nitrogen and oxygen atoms in total. The number of hydrogen-bond donors (Lipinski definition) is 1. The van der Waals surface area contributed by atoms with Crippen LogP contribution < -0.4 is 10.1 Å². The minimum Gasteiger partial charge on any atom is -0.495 e. The molecule has 0 fully saturated rings. The van der Waals surface area contributed by atoms with Gasteiger partial charge in [0, 0.05) is 0 Å². The van der Waals surface area contributed by atoms with Crippen LogP contribution in [-0.4, -0.2) is 38.5 Å². The molecule has 26 heavy (non-hydrogen) atoms. The number of rotatable bonds is 7. The van der Waals surface area contributed by atoms with Crippen LogP contribution in [0.4, 0.5) is 5.69 Å². The van der Waals surface area contributed by atoms with Crippen LogP contribution in [0.2, 0.25) is 0 Å². The van der Waals surface area contributed by atoms with Crippen molar-refractivity contribution < 1.29 is 13.9 Å². The number of thioether (sulfide) groups is 1. The van der Waals surface area contributed by atoms with E-state index >= 15 is 0 Å². The molecule has 2 heterocycles. The van der Waals surface area contributed by atoms with Gasteiger partial charge in [0.15, 0.2) is 0 Å². The molecule has 0 radical (unpaired) electrons. The SMILES string of the molecule is COc1ccc(C)cc1NC(=O)C(C)Sc1nnnn1Cc1ccco1. The van der Waals surface area contributed by atoms with Gasteiger partial charge in [0.1, 0.15) is 18.1 Å². The lowest BCUT2D eigenvalue weighted by atomic mass is 10.2. The highest BCUT2D eigenvalue weighted by Gasteiger charge is 2.20. The summed E-state index contributed by atoms with van der Waals surface area (Å²) in [5.74, 6) is 1.19. The van der Waals surface area contributed by atoms with Crippen LogP contribution in [0.5, 0.6) is 5.75 Å². The highest BCUT2D eigenvalue weighted by molar-refractivity contribution is 8.00. The van der Waals surface area contributed by atoms with Crippen molar-refractivity contribution in [2.75, 3.05) is 12.4 Å². The topological polar surface area (TPSA) is 95.1 Å². The smallest absolute Gasteiger partial charge is 0.237 e. The Morgan fingerprint density at radius 2 is 2.27 bits per heavy atom. The normalized spacial score (nSPS) is 12.0. The number of tetrazole rings is 1. The van der Waals surface area contributed by atoms with Gasteiger partial charge in [0.25, 0.3) is 0 Å². The van der Waals surface area contributed by atoms with Crippen LogP contribution >= 0.6 is 11.8 Å². The third-order valence-corrected chi connectivity index (χ3v) is 4.72. The predicted octanol–water partition coefficient (Wildman–Crippen LogP) is 2.75. The number of carbonyl (C=O) groups excluding carboxylic acids is 1. The van der Waals surface area contributed by atoms with Crippen LogP contribution in [0.3, 0.4) is 0 Å². The molecule has 3 rings (SSSR count). The van der Waals surface area contributed by atoms with E-state index in [1.807, 2.05) is 31.2 Å². The van der Waals surface area contributed by atoms with Crippen molar-refractivity contribution in [2.45, 2.75) is 30.8 Å². The summed E-state index contributed by atoms with van der Waals surface area (Å²) in [5, 5.41) is 14.7. The Bertz CT molecular complexity index is 878. The number of nitrogens with one attached hydrogen (secondary N) is 1. The molecule has 1 unspecified atom stereocenters. The third kappa shape index (κ3) is 4.23. The second kappa shape index (κ2) is 8.05. The van der Waals surface area contributed by atoms with Gasteiger partial charge < -0.3 is 14.5 Å². The molecule has 0 saturated heterocycles. The van der Waals surface area contributed by atoms with E-state index in [2.05, 4.69) is 20.8 Å². The molecule has 1 amide bonds. The molecule has 0 aliphatic rings. The Kier molecular flexibility index (Phi) is 5.57. The molecule has 1 atom stereocenters. The second-order valence-corrected chi connectivity index (χ2v) is 6.96. The van der Waals surface area contributed by atoms with Crippen LogP contribution in [0.15, 0.2) is 46.2 Å². The summed E-state index contributed by atoms with van der Waals surface area (Å²) >= 11 is 1.28. The molecule has 3 aromatic rings. The monoisotopic (exact) mass is 373 g/mol. The maximum absolute atomic E-state index is 12.6. The van der Waals surface area contributed by atoms with Crippen LogP contribution in [0, 0.1) is 6.92 Å². The molecule has 136 valence electrons. The lowest BCUT2D eigenvalue weighted by Gasteiger charge is -2.14. The Labute approximate surface area is 154 Å². The molecule has 0 aliphatic heterocycles. The Hall–Kier alpha value is -2.81. The standard InChI is InChI=1S/C17H19N5O3S/c1-11-6-7-15(24-3)14(9-11)18-16(23)12(2)26-17-19-20-21-22(17)10-13-5-4-8-25-13/h4-9,12H,10H2,1-3H3,(H,18,23). The molecule has 1 N–H and O–H groups in total. The number of hydrogen-bond acceptors (Lipinski definition) is 7. The number of furan rings is 1. The van der Waals surface area contributed by atoms with Gasteiger partial charge in [-0.1, -0.05) is 17.8 Å². The van der Waals surface area contributed by atoms with Crippen molar-refractivity contribution in [3.05, 3.63) is 47.9 Å². The van der Waals surface area contributed by atoms with Crippen molar-refractivity contribution >= 4 is 23.4 Å². The molecular weight excluding hydrogens is 354 g/mol. The number of benzene rings is 1. The van der Waals surface area contributed by atoms with Gasteiger partial charge in [-0.3, -0.25) is 4.79 Å². The summed E-state index contributed by atoms with van der Waals surface area (Å²) in [6, 6.07) is 9.27. The predicted molar refractivity (Wildman–Crippen MR) is 97.3 cm³/mol. The fraction of sp³-hybridized carbons (Fsp3) is 0.294. The van der Waals surface area contributed by atoms with E-state index in [0.29, 0.717) is 23.1 Å². The van der Waals surface area contributed by atoms with Gasteiger partial charge in [-0.05, 0) is 54.1 Å². The van der Waals surface area contributed by atoms with Crippen molar-refractivity contribution in [3.8, 4) is 5.75 Å². The van der Waals surface area contributed by atoms with E-state index < -0.39 is 5.25 Å². The number of aromatic nitrogens is 4. The summed E-state index contributed by atoms with van der Waals surface area (Å²) in [7, 11) is 1.57. The number of carbonyl (C=O) groups is 1. The Morgan fingerprint density at radius 1 is 1.42 bits per heavy atom. The first-order chi connectivity index (χ1) is 12.6. The van der Waals surface area contributed by atoms with Crippen LogP contribution in [-0.2, 0) is 11.3 Å². The molecule has 0 saturated carbocycles. The number of methoxy groups -OCH3 is 1. The number of amides is 1. The van der Waals surface area contributed by atoms with Crippen molar-refractivity contribution in [2.24, 2.45) is 0 Å². The first-order valence-corrected chi connectivity index (χ1v) is 8.85. The lowest BCUT2D eigenvalue weighted by Crippen LogP contribution is -2.23. The Morgan fingerprint density at radius 3 is 3.00 bits per heavy atom. The number of ether oxygens (including phenoxy) is 1. The first kappa shape index (κ1) is 18.0. The van der Waals surface area contributed by atoms with E-state index in [9.17, 15) is 4.79 Å². The molecule has 0 bridgehead atoms. The minimum atomic E-state index is -0.401. The fourth-order valence-corrected chi connectivity index (χ4v) is 3.08. The Balaban J connectivity index is 1.67. The molecule has 9 heteroatoms. The lowest BCUT2D eigenvalue weighted by molar-refractivity contribution is -0.115. The average molecular weight is 373 g/mol. The number of nitrogens with zero attached hydrogens (tertiary/aromatic N) is 4. The summed E-state index contributed by atoms with van der Waals surface area (Å²) < 4.78 is 12.2. The minimum absolute atomic E-state index is 0.161. The van der Waals surface area contributed by atoms with Gasteiger partial charge in [-0.25, -0.2) is 4.68 Å². The van der Waals surface area contributed by atoms with Gasteiger partial charge in [-0.15, -0.1) is 5.10 Å². The summed E-state index contributed by atoms with van der Waals surface area (Å²) in [6.45, 7) is 4.16. The largest absolute Gasteiger partial charge is 0.495 e. The van der Waals surface area contributed by atoms with Gasteiger partial charge >= 0.3 is 0 Å². The van der Waals surface area contributed by atoms with Crippen molar-refractivity contribution in [3.63, 3.8) is 0 Å². The zero-order valence-electron chi connectivity index (χ0n) is 14.7. The quantitative estimate of drug-likeness (QED) is 0.636. The zero-order valence-corrected chi connectivity index (χ0v) is 15.5. The number of aryl methyl sites for hydroxylation is 1. The van der Waals surface area contributed by atoms with Gasteiger partial charge in [0.05, 0.1) is 24.3 Å². The van der Waals surface area contributed by atoms with Gasteiger partial charge in [0.2, 0.25) is 11.1 Å². The second-order valence-electron chi connectivity index (χ2n) is 5.65. The van der Waals surface area contributed by atoms with E-state index in [1.165, 1.54) is 11.8 Å². The van der Waals surface area contributed by atoms with E-state index in [1.54, 1.807) is 31.0 Å². The van der Waals surface area contributed by atoms with Crippen LogP contribution in [0.1, 0.15) is 18.2 Å². The van der Waals surface area contributed by atoms with E-state index in [-0.39, 0.29) is 5.91 Å². The first-order valence-electron chi connectivity index (χ1n) is 7.97. The van der Waals surface area contributed by atoms with E-state index in [0.717, 1.165) is 11.3 Å². The molecule has 0 spiro atoms. The highest BCUT2D eigenvalue weighted by Crippen LogP contribution is 2.27. The van der Waals surface area contributed by atoms with Crippen molar-refractivity contribution in [1.29, 1.82) is 0 Å². The molecule has 0 aliphatic carbocycles. The van der Waals surface area contributed by atoms with Crippen LogP contribution in [0.25, 0.3) is 0 Å². The molecule has 1 aromatic carbocycles. The average Bonchev–Trinajstić information content (AvgIpc) is 3.28. The maximum atomic E-state index is 12.6. The third-order valence-electron chi connectivity index (χ3n) is 3.65. The van der Waals surface area contributed by atoms with Gasteiger partial charge in [-0.2, -0.15) is 0 Å². The van der Waals surface area contributed by atoms with E-state index in [4.69, 9.17) is 9.15 Å². The molecule has 2 aromatic heterocycles. The summed E-state index contributed by atoms with van der Waals surface area (Å²) in [5.41, 5.74) is 1.67. The fourth-order valence-electron chi connectivity index (χ4n) is 2.30. The highest BCUT2D eigenvalue weighted by atomic mass is 32.2. The summed E-state index contributed by atoms with van der Waals surface area (Å²) in [4.78, 5) is 12.6.